The molecule has 2 amide bonds. The van der Waals surface area contributed by atoms with Crippen molar-refractivity contribution in [3.63, 3.8) is 0 Å². The van der Waals surface area contributed by atoms with E-state index in [9.17, 15) is 9.59 Å². The molecule has 0 aromatic heterocycles. The number of benzene rings is 2. The number of hydrogen-bond acceptors (Lipinski definition) is 2. The molecule has 0 aliphatic carbocycles. The van der Waals surface area contributed by atoms with Crippen molar-refractivity contribution in [3.8, 4) is 0 Å². The smallest absolute Gasteiger partial charge is 0.255 e. The fourth-order valence-corrected chi connectivity index (χ4v) is 3.32. The van der Waals surface area contributed by atoms with Crippen molar-refractivity contribution in [2.45, 2.75) is 26.2 Å². The molecule has 1 aliphatic rings. The summed E-state index contributed by atoms with van der Waals surface area (Å²) in [6, 6.07) is 11.4. The first-order valence-electron chi connectivity index (χ1n) is 7.53. The van der Waals surface area contributed by atoms with Crippen LogP contribution in [0.1, 0.15) is 34.3 Å². The van der Waals surface area contributed by atoms with Crippen LogP contribution in [0.25, 0.3) is 0 Å². The van der Waals surface area contributed by atoms with Gasteiger partial charge in [-0.15, -0.1) is 0 Å². The van der Waals surface area contributed by atoms with Crippen molar-refractivity contribution >= 4 is 45.8 Å². The van der Waals surface area contributed by atoms with E-state index in [1.54, 1.807) is 6.07 Å². The van der Waals surface area contributed by atoms with Crippen LogP contribution < -0.4 is 10.6 Å². The van der Waals surface area contributed by atoms with Gasteiger partial charge < -0.3 is 10.6 Å². The summed E-state index contributed by atoms with van der Waals surface area (Å²) in [5, 5.41) is 5.84. The minimum absolute atomic E-state index is 0.0375. The molecule has 0 spiro atoms. The van der Waals surface area contributed by atoms with Crippen LogP contribution in [0, 0.1) is 10.5 Å². The largest absolute Gasteiger partial charge is 0.326 e. The molecular formula is C18H17IN2O2. The summed E-state index contributed by atoms with van der Waals surface area (Å²) in [5.41, 5.74) is 4.29. The molecule has 0 fully saturated rings. The van der Waals surface area contributed by atoms with Crippen molar-refractivity contribution in [2.24, 2.45) is 0 Å². The molecule has 3 rings (SSSR count). The molecule has 0 bridgehead atoms. The summed E-state index contributed by atoms with van der Waals surface area (Å²) in [4.78, 5) is 24.1. The van der Waals surface area contributed by atoms with E-state index in [1.807, 2.05) is 37.3 Å². The Kier molecular flexibility index (Phi) is 4.66. The molecule has 0 atom stereocenters. The van der Waals surface area contributed by atoms with Gasteiger partial charge in [0, 0.05) is 26.9 Å². The summed E-state index contributed by atoms with van der Waals surface area (Å²) in [5.74, 6) is -0.0943. The van der Waals surface area contributed by atoms with Gasteiger partial charge in [-0.3, -0.25) is 9.59 Å². The zero-order chi connectivity index (χ0) is 16.4. The maximum atomic E-state index is 12.5. The lowest BCUT2D eigenvalue weighted by Crippen LogP contribution is -2.14. The SMILES string of the molecule is Cc1cc(I)ccc1NC(=O)c1ccc2c(c1)CCCC(=O)N2. The molecule has 5 heteroatoms. The Morgan fingerprint density at radius 2 is 2.00 bits per heavy atom. The van der Waals surface area contributed by atoms with Gasteiger partial charge in [0.05, 0.1) is 0 Å². The number of nitrogens with one attached hydrogen (secondary N) is 2. The van der Waals surface area contributed by atoms with Gasteiger partial charge in [-0.2, -0.15) is 0 Å². The van der Waals surface area contributed by atoms with E-state index in [0.717, 1.165) is 38.9 Å². The van der Waals surface area contributed by atoms with Crippen LogP contribution in [0.4, 0.5) is 11.4 Å². The minimum atomic E-state index is -0.132. The van der Waals surface area contributed by atoms with Gasteiger partial charge in [-0.25, -0.2) is 0 Å². The number of anilines is 2. The molecule has 118 valence electrons. The van der Waals surface area contributed by atoms with Crippen LogP contribution in [0.2, 0.25) is 0 Å². The lowest BCUT2D eigenvalue weighted by Gasteiger charge is -2.11. The van der Waals surface area contributed by atoms with E-state index in [0.29, 0.717) is 12.0 Å². The lowest BCUT2D eigenvalue weighted by atomic mass is 10.0. The van der Waals surface area contributed by atoms with Crippen molar-refractivity contribution < 1.29 is 9.59 Å². The van der Waals surface area contributed by atoms with Crippen molar-refractivity contribution in [1.82, 2.24) is 0 Å². The van der Waals surface area contributed by atoms with Crippen molar-refractivity contribution in [3.05, 3.63) is 56.7 Å². The highest BCUT2D eigenvalue weighted by atomic mass is 127. The summed E-state index contributed by atoms with van der Waals surface area (Å²) >= 11 is 2.25. The molecular weight excluding hydrogens is 403 g/mol. The van der Waals surface area contributed by atoms with Crippen LogP contribution in [-0.4, -0.2) is 11.8 Å². The molecule has 4 nitrogen and oxygen atoms in total. The normalized spacial score (nSPS) is 13.7. The predicted octanol–water partition coefficient (Wildman–Crippen LogP) is 4.13. The molecule has 0 saturated carbocycles. The molecule has 0 saturated heterocycles. The van der Waals surface area contributed by atoms with E-state index >= 15 is 0 Å². The van der Waals surface area contributed by atoms with Crippen LogP contribution >= 0.6 is 22.6 Å². The molecule has 0 radical (unpaired) electrons. The standard InChI is InChI=1S/C18H17IN2O2/c1-11-9-14(19)6-8-15(11)21-18(23)13-5-7-16-12(10-13)3-2-4-17(22)20-16/h5-10H,2-4H2,1H3,(H,20,22)(H,21,23). The van der Waals surface area contributed by atoms with Crippen LogP contribution in [0.5, 0.6) is 0 Å². The zero-order valence-electron chi connectivity index (χ0n) is 12.8. The summed E-state index contributed by atoms with van der Waals surface area (Å²) in [6.07, 6.45) is 2.13. The number of fused-ring (bicyclic) bond motifs is 1. The van der Waals surface area contributed by atoms with Crippen molar-refractivity contribution in [1.29, 1.82) is 0 Å². The third-order valence-corrected chi connectivity index (χ3v) is 4.60. The van der Waals surface area contributed by atoms with E-state index in [4.69, 9.17) is 0 Å². The first-order valence-corrected chi connectivity index (χ1v) is 8.61. The average molecular weight is 420 g/mol. The Hall–Kier alpha value is -1.89. The zero-order valence-corrected chi connectivity index (χ0v) is 14.9. The van der Waals surface area contributed by atoms with Crippen LogP contribution in [0.3, 0.4) is 0 Å². The first kappa shape index (κ1) is 16.0. The van der Waals surface area contributed by atoms with Crippen molar-refractivity contribution in [2.75, 3.05) is 10.6 Å². The Morgan fingerprint density at radius 1 is 1.17 bits per heavy atom. The molecule has 2 aromatic carbocycles. The third kappa shape index (κ3) is 3.72. The molecule has 1 aliphatic heterocycles. The number of carbonyl (C=O) groups is 2. The minimum Gasteiger partial charge on any atom is -0.326 e. The maximum absolute atomic E-state index is 12.5. The molecule has 23 heavy (non-hydrogen) atoms. The highest BCUT2D eigenvalue weighted by molar-refractivity contribution is 14.1. The van der Waals surface area contributed by atoms with Gasteiger partial charge in [-0.1, -0.05) is 0 Å². The van der Waals surface area contributed by atoms with Gasteiger partial charge in [0.25, 0.3) is 5.91 Å². The summed E-state index contributed by atoms with van der Waals surface area (Å²) in [6.45, 7) is 1.98. The van der Waals surface area contributed by atoms with E-state index in [-0.39, 0.29) is 11.8 Å². The quantitative estimate of drug-likeness (QED) is 0.719. The number of rotatable bonds is 2. The molecule has 0 unspecified atom stereocenters. The predicted molar refractivity (Wildman–Crippen MR) is 99.9 cm³/mol. The summed E-state index contributed by atoms with van der Waals surface area (Å²) in [7, 11) is 0. The third-order valence-electron chi connectivity index (χ3n) is 3.93. The first-order chi connectivity index (χ1) is 11.0. The summed E-state index contributed by atoms with van der Waals surface area (Å²) < 4.78 is 1.14. The van der Waals surface area contributed by atoms with Gasteiger partial charge in [0.2, 0.25) is 5.91 Å². The van der Waals surface area contributed by atoms with E-state index in [1.165, 1.54) is 0 Å². The van der Waals surface area contributed by atoms with E-state index < -0.39 is 0 Å². The Morgan fingerprint density at radius 3 is 2.78 bits per heavy atom. The lowest BCUT2D eigenvalue weighted by molar-refractivity contribution is -0.116. The van der Waals surface area contributed by atoms with Gasteiger partial charge in [0.15, 0.2) is 0 Å². The monoisotopic (exact) mass is 420 g/mol. The van der Waals surface area contributed by atoms with Crippen LogP contribution in [0.15, 0.2) is 36.4 Å². The second-order valence-electron chi connectivity index (χ2n) is 5.69. The Balaban J connectivity index is 1.83. The molecule has 1 heterocycles. The Bertz CT molecular complexity index is 787. The number of carbonyl (C=O) groups excluding carboxylic acids is 2. The second-order valence-corrected chi connectivity index (χ2v) is 6.93. The van der Waals surface area contributed by atoms with Crippen LogP contribution in [-0.2, 0) is 11.2 Å². The molecule has 2 N–H and O–H groups in total. The topological polar surface area (TPSA) is 58.2 Å². The average Bonchev–Trinajstić information content (AvgIpc) is 2.69. The molecule has 2 aromatic rings. The highest BCUT2D eigenvalue weighted by Gasteiger charge is 2.15. The fourth-order valence-electron chi connectivity index (χ4n) is 2.68. The second kappa shape index (κ2) is 6.70. The highest BCUT2D eigenvalue weighted by Crippen LogP contribution is 2.24. The Labute approximate surface area is 148 Å². The maximum Gasteiger partial charge on any atom is 0.255 e. The van der Waals surface area contributed by atoms with Gasteiger partial charge in [0.1, 0.15) is 0 Å². The number of amides is 2. The number of hydrogen-bond donors (Lipinski definition) is 2. The van der Waals surface area contributed by atoms with Gasteiger partial charge >= 0.3 is 0 Å². The fraction of sp³-hybridized carbons (Fsp3) is 0.222. The number of aryl methyl sites for hydroxylation is 2. The van der Waals surface area contributed by atoms with Gasteiger partial charge in [-0.05, 0) is 89.9 Å². The van der Waals surface area contributed by atoms with E-state index in [2.05, 4.69) is 33.2 Å². The number of halogens is 1.